The summed E-state index contributed by atoms with van der Waals surface area (Å²) in [6.07, 6.45) is 3.68. The van der Waals surface area contributed by atoms with Crippen LogP contribution in [-0.2, 0) is 6.54 Å². The number of thiophene rings is 1. The highest BCUT2D eigenvalue weighted by Crippen LogP contribution is 2.34. The van der Waals surface area contributed by atoms with Crippen molar-refractivity contribution >= 4 is 33.3 Å². The Bertz CT molecular complexity index is 948. The van der Waals surface area contributed by atoms with Crippen LogP contribution >= 0.6 is 11.3 Å². The maximum absolute atomic E-state index is 12.4. The van der Waals surface area contributed by atoms with Gasteiger partial charge >= 0.3 is 0 Å². The molecule has 25 heavy (non-hydrogen) atoms. The summed E-state index contributed by atoms with van der Waals surface area (Å²) < 4.78 is 0. The van der Waals surface area contributed by atoms with E-state index in [1.165, 1.54) is 17.7 Å². The molecule has 0 unspecified atom stereocenters. The van der Waals surface area contributed by atoms with Crippen molar-refractivity contribution in [1.29, 1.82) is 0 Å². The van der Waals surface area contributed by atoms with Crippen LogP contribution in [-0.4, -0.2) is 26.9 Å². The van der Waals surface area contributed by atoms with Gasteiger partial charge in [-0.3, -0.25) is 9.78 Å². The summed E-state index contributed by atoms with van der Waals surface area (Å²) in [5.41, 5.74) is 2.86. The Labute approximate surface area is 149 Å². The van der Waals surface area contributed by atoms with E-state index in [9.17, 15) is 4.79 Å². The zero-order valence-corrected chi connectivity index (χ0v) is 15.0. The first kappa shape index (κ1) is 16.0. The van der Waals surface area contributed by atoms with Gasteiger partial charge in [-0.1, -0.05) is 6.07 Å². The number of carbonyl (C=O) groups is 1. The van der Waals surface area contributed by atoms with E-state index in [4.69, 9.17) is 0 Å². The number of rotatable bonds is 5. The van der Waals surface area contributed by atoms with Crippen molar-refractivity contribution in [2.45, 2.75) is 39.3 Å². The number of aromatic nitrogens is 3. The second-order valence-corrected chi connectivity index (χ2v) is 7.33. The second-order valence-electron chi connectivity index (χ2n) is 6.33. The Morgan fingerprint density at radius 3 is 2.88 bits per heavy atom. The highest BCUT2D eigenvalue weighted by Gasteiger charge is 2.26. The van der Waals surface area contributed by atoms with Gasteiger partial charge in [0.25, 0.3) is 5.91 Å². The number of pyridine rings is 1. The highest BCUT2D eigenvalue weighted by molar-refractivity contribution is 7.20. The van der Waals surface area contributed by atoms with Crippen LogP contribution in [0.1, 0.15) is 39.5 Å². The van der Waals surface area contributed by atoms with Crippen LogP contribution in [0.2, 0.25) is 0 Å². The molecule has 0 aromatic carbocycles. The van der Waals surface area contributed by atoms with Gasteiger partial charge in [-0.25, -0.2) is 9.97 Å². The summed E-state index contributed by atoms with van der Waals surface area (Å²) in [6, 6.07) is 6.28. The van der Waals surface area contributed by atoms with E-state index in [1.807, 2.05) is 32.0 Å². The predicted molar refractivity (Wildman–Crippen MR) is 98.9 cm³/mol. The smallest absolute Gasteiger partial charge is 0.261 e. The molecule has 3 aromatic heterocycles. The topological polar surface area (TPSA) is 79.8 Å². The van der Waals surface area contributed by atoms with Gasteiger partial charge in [0.05, 0.1) is 22.5 Å². The Morgan fingerprint density at radius 2 is 2.12 bits per heavy atom. The lowest BCUT2D eigenvalue weighted by Crippen LogP contribution is -2.24. The van der Waals surface area contributed by atoms with Crippen molar-refractivity contribution in [3.05, 3.63) is 46.4 Å². The monoisotopic (exact) mass is 353 g/mol. The van der Waals surface area contributed by atoms with E-state index in [0.717, 1.165) is 50.7 Å². The number of carbonyl (C=O) groups excluding carboxylic acids is 1. The van der Waals surface area contributed by atoms with Gasteiger partial charge in [0.1, 0.15) is 17.0 Å². The molecule has 1 saturated carbocycles. The lowest BCUT2D eigenvalue weighted by molar-refractivity contribution is 0.0954. The number of hydrogen-bond acceptors (Lipinski definition) is 6. The van der Waals surface area contributed by atoms with Crippen LogP contribution in [0.4, 0.5) is 5.82 Å². The molecule has 0 atom stereocenters. The minimum Gasteiger partial charge on any atom is -0.364 e. The number of amides is 1. The van der Waals surface area contributed by atoms with Crippen molar-refractivity contribution < 1.29 is 4.79 Å². The quantitative estimate of drug-likeness (QED) is 0.736. The molecular weight excluding hydrogens is 334 g/mol. The first-order chi connectivity index (χ1) is 12.1. The minimum absolute atomic E-state index is 0.00528. The number of nitrogens with one attached hydrogen (secondary N) is 2. The molecule has 0 radical (unpaired) electrons. The molecule has 7 heteroatoms. The maximum Gasteiger partial charge on any atom is 0.261 e. The Hall–Kier alpha value is -2.54. The zero-order chi connectivity index (χ0) is 17.4. The van der Waals surface area contributed by atoms with Crippen molar-refractivity contribution in [2.24, 2.45) is 0 Å². The van der Waals surface area contributed by atoms with Crippen molar-refractivity contribution in [3.63, 3.8) is 0 Å². The summed E-state index contributed by atoms with van der Waals surface area (Å²) >= 11 is 1.42. The normalized spacial score (nSPS) is 13.8. The molecule has 1 aliphatic rings. The van der Waals surface area contributed by atoms with Crippen LogP contribution in [0.25, 0.3) is 10.2 Å². The Morgan fingerprint density at radius 1 is 1.28 bits per heavy atom. The van der Waals surface area contributed by atoms with Crippen LogP contribution in [0.3, 0.4) is 0 Å². The van der Waals surface area contributed by atoms with Crippen molar-refractivity contribution in [1.82, 2.24) is 20.3 Å². The van der Waals surface area contributed by atoms with Crippen molar-refractivity contribution in [2.75, 3.05) is 5.32 Å². The van der Waals surface area contributed by atoms with Crippen molar-refractivity contribution in [3.8, 4) is 0 Å². The molecule has 4 rings (SSSR count). The fourth-order valence-electron chi connectivity index (χ4n) is 2.77. The number of nitrogens with zero attached hydrogens (tertiary/aromatic N) is 3. The molecule has 0 bridgehead atoms. The summed E-state index contributed by atoms with van der Waals surface area (Å²) in [7, 11) is 0. The van der Waals surface area contributed by atoms with Crippen LogP contribution in [0, 0.1) is 13.8 Å². The fourth-order valence-corrected chi connectivity index (χ4v) is 3.82. The molecule has 0 saturated heterocycles. The van der Waals surface area contributed by atoms with E-state index in [-0.39, 0.29) is 5.91 Å². The first-order valence-electron chi connectivity index (χ1n) is 8.33. The Kier molecular flexibility index (Phi) is 4.09. The standard InChI is InChI=1S/C18H19N5OS/c1-10-4-3-5-13(22-10)8-19-16-14-11(2)15(17(24)23-12-6-7-12)25-18(14)21-9-20-16/h3-5,9,12H,6-8H2,1-2H3,(H,23,24)(H,19,20,21). The largest absolute Gasteiger partial charge is 0.364 e. The van der Waals surface area contributed by atoms with Gasteiger partial charge in [0, 0.05) is 11.7 Å². The third-order valence-electron chi connectivity index (χ3n) is 4.23. The average molecular weight is 353 g/mol. The molecule has 0 aliphatic heterocycles. The maximum atomic E-state index is 12.4. The van der Waals surface area contributed by atoms with E-state index >= 15 is 0 Å². The third kappa shape index (κ3) is 3.32. The van der Waals surface area contributed by atoms with Crippen LogP contribution in [0.5, 0.6) is 0 Å². The number of anilines is 1. The van der Waals surface area contributed by atoms with E-state index in [2.05, 4.69) is 25.6 Å². The fraction of sp³-hybridized carbons (Fsp3) is 0.333. The van der Waals surface area contributed by atoms with Gasteiger partial charge in [0.15, 0.2) is 0 Å². The lowest BCUT2D eigenvalue weighted by Gasteiger charge is -2.07. The highest BCUT2D eigenvalue weighted by atomic mass is 32.1. The molecule has 0 spiro atoms. The van der Waals surface area contributed by atoms with Gasteiger partial charge in [-0.15, -0.1) is 11.3 Å². The number of aryl methyl sites for hydroxylation is 2. The molecule has 128 valence electrons. The first-order valence-corrected chi connectivity index (χ1v) is 9.15. The van der Waals surface area contributed by atoms with E-state index < -0.39 is 0 Å². The summed E-state index contributed by atoms with van der Waals surface area (Å²) in [5, 5.41) is 7.30. The molecule has 1 aliphatic carbocycles. The lowest BCUT2D eigenvalue weighted by atomic mass is 10.2. The van der Waals surface area contributed by atoms with E-state index in [0.29, 0.717) is 12.6 Å². The second kappa shape index (κ2) is 6.40. The average Bonchev–Trinajstić information content (AvgIpc) is 3.34. The van der Waals surface area contributed by atoms with Gasteiger partial charge < -0.3 is 10.6 Å². The van der Waals surface area contributed by atoms with Gasteiger partial charge in [0.2, 0.25) is 0 Å². The summed E-state index contributed by atoms with van der Waals surface area (Å²) in [4.78, 5) is 27.2. The summed E-state index contributed by atoms with van der Waals surface area (Å²) in [6.45, 7) is 4.51. The zero-order valence-electron chi connectivity index (χ0n) is 14.2. The molecule has 3 heterocycles. The molecular formula is C18H19N5OS. The van der Waals surface area contributed by atoms with Gasteiger partial charge in [-0.05, 0) is 44.4 Å². The Balaban J connectivity index is 1.62. The molecule has 6 nitrogen and oxygen atoms in total. The summed E-state index contributed by atoms with van der Waals surface area (Å²) in [5.74, 6) is 0.738. The van der Waals surface area contributed by atoms with Gasteiger partial charge in [-0.2, -0.15) is 0 Å². The minimum atomic E-state index is -0.00528. The molecule has 1 fully saturated rings. The number of hydrogen-bond donors (Lipinski definition) is 2. The molecule has 3 aromatic rings. The number of fused-ring (bicyclic) bond motifs is 1. The van der Waals surface area contributed by atoms with E-state index in [1.54, 1.807) is 0 Å². The third-order valence-corrected chi connectivity index (χ3v) is 5.43. The molecule has 1 amide bonds. The predicted octanol–water partition coefficient (Wildman–Crippen LogP) is 3.21. The molecule has 2 N–H and O–H groups in total. The SMILES string of the molecule is Cc1cccc(CNc2ncnc3sc(C(=O)NC4CC4)c(C)c23)n1. The van der Waals surface area contributed by atoms with Crippen LogP contribution in [0.15, 0.2) is 24.5 Å². The van der Waals surface area contributed by atoms with Crippen LogP contribution < -0.4 is 10.6 Å².